The summed E-state index contributed by atoms with van der Waals surface area (Å²) in [5, 5.41) is 20.8. The number of anilines is 1. The zero-order chi connectivity index (χ0) is 13.7. The van der Waals surface area contributed by atoms with Gasteiger partial charge in [-0.1, -0.05) is 12.1 Å². The highest BCUT2D eigenvalue weighted by molar-refractivity contribution is 5.87. The fourth-order valence-corrected chi connectivity index (χ4v) is 1.68. The second-order valence-electron chi connectivity index (χ2n) is 4.05. The quantitative estimate of drug-likeness (QED) is 0.877. The molecule has 0 aromatic heterocycles. The van der Waals surface area contributed by atoms with Crippen molar-refractivity contribution in [1.82, 2.24) is 0 Å². The van der Waals surface area contributed by atoms with Crippen LogP contribution >= 0.6 is 0 Å². The molecule has 0 radical (unpaired) electrons. The fourth-order valence-electron chi connectivity index (χ4n) is 1.68. The maximum atomic E-state index is 10.8. The van der Waals surface area contributed by atoms with Crippen molar-refractivity contribution in [2.24, 2.45) is 0 Å². The summed E-state index contributed by atoms with van der Waals surface area (Å²) in [5.74, 6) is -0.930. The maximum Gasteiger partial charge on any atom is 0.335 e. The van der Waals surface area contributed by atoms with Crippen LogP contribution in [0.1, 0.15) is 21.5 Å². The molecule has 19 heavy (non-hydrogen) atoms. The lowest BCUT2D eigenvalue weighted by Gasteiger charge is -2.07. The molecule has 2 aromatic carbocycles. The lowest BCUT2D eigenvalue weighted by Crippen LogP contribution is -2.02. The van der Waals surface area contributed by atoms with Crippen molar-refractivity contribution in [3.8, 4) is 6.07 Å². The van der Waals surface area contributed by atoms with E-state index in [9.17, 15) is 4.79 Å². The first-order valence-corrected chi connectivity index (χ1v) is 5.75. The molecule has 0 aliphatic rings. The van der Waals surface area contributed by atoms with E-state index in [2.05, 4.69) is 11.4 Å². The van der Waals surface area contributed by atoms with Crippen LogP contribution in [-0.2, 0) is 6.54 Å². The Kier molecular flexibility index (Phi) is 3.79. The summed E-state index contributed by atoms with van der Waals surface area (Å²) in [6.07, 6.45) is 0. The topological polar surface area (TPSA) is 73.1 Å². The van der Waals surface area contributed by atoms with Gasteiger partial charge in [0.25, 0.3) is 0 Å². The predicted molar refractivity (Wildman–Crippen MR) is 71.9 cm³/mol. The molecule has 0 atom stereocenters. The summed E-state index contributed by atoms with van der Waals surface area (Å²) < 4.78 is 0. The van der Waals surface area contributed by atoms with Gasteiger partial charge in [-0.3, -0.25) is 0 Å². The minimum atomic E-state index is -0.930. The van der Waals surface area contributed by atoms with Gasteiger partial charge in [0, 0.05) is 12.2 Å². The van der Waals surface area contributed by atoms with E-state index in [-0.39, 0.29) is 5.56 Å². The monoisotopic (exact) mass is 252 g/mol. The number of benzene rings is 2. The molecule has 0 spiro atoms. The molecule has 2 aromatic rings. The lowest BCUT2D eigenvalue weighted by atomic mass is 10.1. The molecular formula is C15H12N2O2. The fraction of sp³-hybridized carbons (Fsp3) is 0.0667. The van der Waals surface area contributed by atoms with Crippen LogP contribution in [0.25, 0.3) is 0 Å². The molecule has 0 amide bonds. The Morgan fingerprint density at radius 2 is 1.95 bits per heavy atom. The van der Waals surface area contributed by atoms with Crippen LogP contribution in [0.5, 0.6) is 0 Å². The van der Waals surface area contributed by atoms with E-state index in [1.54, 1.807) is 30.3 Å². The summed E-state index contributed by atoms with van der Waals surface area (Å²) in [4.78, 5) is 10.8. The van der Waals surface area contributed by atoms with Gasteiger partial charge >= 0.3 is 5.97 Å². The Morgan fingerprint density at radius 3 is 2.58 bits per heavy atom. The Hall–Kier alpha value is -2.80. The second kappa shape index (κ2) is 5.69. The number of nitriles is 1. The van der Waals surface area contributed by atoms with E-state index in [1.807, 2.05) is 18.2 Å². The van der Waals surface area contributed by atoms with Gasteiger partial charge in [0.2, 0.25) is 0 Å². The van der Waals surface area contributed by atoms with Gasteiger partial charge in [0.1, 0.15) is 0 Å². The van der Waals surface area contributed by atoms with E-state index in [1.165, 1.54) is 0 Å². The zero-order valence-electron chi connectivity index (χ0n) is 10.1. The summed E-state index contributed by atoms with van der Waals surface area (Å²) in [5.41, 5.74) is 2.67. The number of hydrogen-bond acceptors (Lipinski definition) is 3. The molecule has 0 aliphatic heterocycles. The average molecular weight is 252 g/mol. The number of aromatic carboxylic acids is 1. The van der Waals surface area contributed by atoms with Crippen LogP contribution in [0.2, 0.25) is 0 Å². The number of hydrogen-bond donors (Lipinski definition) is 2. The van der Waals surface area contributed by atoms with Crippen molar-refractivity contribution >= 4 is 11.7 Å². The normalized spacial score (nSPS) is 9.63. The Labute approximate surface area is 110 Å². The number of carboxylic acids is 1. The molecule has 2 N–H and O–H groups in total. The van der Waals surface area contributed by atoms with Crippen molar-refractivity contribution < 1.29 is 9.90 Å². The lowest BCUT2D eigenvalue weighted by molar-refractivity contribution is 0.0697. The highest BCUT2D eigenvalue weighted by Crippen LogP contribution is 2.12. The van der Waals surface area contributed by atoms with Gasteiger partial charge in [-0.25, -0.2) is 4.79 Å². The zero-order valence-corrected chi connectivity index (χ0v) is 10.1. The molecule has 4 heteroatoms. The van der Waals surface area contributed by atoms with Gasteiger partial charge < -0.3 is 10.4 Å². The Morgan fingerprint density at radius 1 is 1.21 bits per heavy atom. The third-order valence-corrected chi connectivity index (χ3v) is 2.68. The van der Waals surface area contributed by atoms with E-state index in [0.29, 0.717) is 12.1 Å². The van der Waals surface area contributed by atoms with Crippen molar-refractivity contribution in [2.75, 3.05) is 5.32 Å². The van der Waals surface area contributed by atoms with E-state index in [4.69, 9.17) is 10.4 Å². The van der Waals surface area contributed by atoms with Crippen molar-refractivity contribution in [3.05, 3.63) is 65.2 Å². The highest BCUT2D eigenvalue weighted by atomic mass is 16.4. The molecule has 0 saturated carbocycles. The summed E-state index contributed by atoms with van der Waals surface area (Å²) in [7, 11) is 0. The van der Waals surface area contributed by atoms with Gasteiger partial charge in [-0.15, -0.1) is 0 Å². The molecule has 94 valence electrons. The number of carboxylic acid groups (broad SMARTS) is 1. The molecule has 0 fully saturated rings. The number of nitrogens with zero attached hydrogens (tertiary/aromatic N) is 1. The van der Waals surface area contributed by atoms with Gasteiger partial charge in [-0.05, 0) is 42.0 Å². The molecule has 0 saturated heterocycles. The molecular weight excluding hydrogens is 240 g/mol. The maximum absolute atomic E-state index is 10.8. The third kappa shape index (κ3) is 3.33. The van der Waals surface area contributed by atoms with Gasteiger partial charge in [0.15, 0.2) is 0 Å². The number of carbonyl (C=O) groups is 1. The molecule has 0 aliphatic carbocycles. The Bertz CT molecular complexity index is 627. The number of nitrogens with one attached hydrogen (secondary N) is 1. The minimum Gasteiger partial charge on any atom is -0.478 e. The molecule has 0 heterocycles. The van der Waals surface area contributed by atoms with E-state index >= 15 is 0 Å². The first-order chi connectivity index (χ1) is 9.19. The molecule has 2 rings (SSSR count). The van der Waals surface area contributed by atoms with Crippen LogP contribution in [0.15, 0.2) is 48.5 Å². The summed E-state index contributed by atoms with van der Waals surface area (Å²) >= 11 is 0. The van der Waals surface area contributed by atoms with Crippen LogP contribution < -0.4 is 5.32 Å². The average Bonchev–Trinajstić information content (AvgIpc) is 2.46. The van der Waals surface area contributed by atoms with Crippen LogP contribution in [0, 0.1) is 11.3 Å². The SMILES string of the molecule is N#Cc1ccc(NCc2cccc(C(=O)O)c2)cc1. The largest absolute Gasteiger partial charge is 0.478 e. The van der Waals surface area contributed by atoms with Gasteiger partial charge in [-0.2, -0.15) is 5.26 Å². The number of rotatable bonds is 4. The first-order valence-electron chi connectivity index (χ1n) is 5.75. The second-order valence-corrected chi connectivity index (χ2v) is 4.05. The van der Waals surface area contributed by atoms with E-state index in [0.717, 1.165) is 11.3 Å². The summed E-state index contributed by atoms with van der Waals surface area (Å²) in [6.45, 7) is 0.535. The smallest absolute Gasteiger partial charge is 0.335 e. The third-order valence-electron chi connectivity index (χ3n) is 2.68. The van der Waals surface area contributed by atoms with Crippen molar-refractivity contribution in [1.29, 1.82) is 5.26 Å². The molecule has 0 unspecified atom stereocenters. The standard InChI is InChI=1S/C15H12N2O2/c16-9-11-4-6-14(7-5-11)17-10-12-2-1-3-13(8-12)15(18)19/h1-8,17H,10H2,(H,18,19). The van der Waals surface area contributed by atoms with E-state index < -0.39 is 5.97 Å². The van der Waals surface area contributed by atoms with Gasteiger partial charge in [0.05, 0.1) is 17.2 Å². The molecule has 4 nitrogen and oxygen atoms in total. The highest BCUT2D eigenvalue weighted by Gasteiger charge is 2.02. The van der Waals surface area contributed by atoms with Crippen LogP contribution in [-0.4, -0.2) is 11.1 Å². The van der Waals surface area contributed by atoms with Crippen LogP contribution in [0.4, 0.5) is 5.69 Å². The van der Waals surface area contributed by atoms with Crippen LogP contribution in [0.3, 0.4) is 0 Å². The Balaban J connectivity index is 2.03. The molecule has 0 bridgehead atoms. The summed E-state index contributed by atoms with van der Waals surface area (Å²) in [6, 6.07) is 15.9. The minimum absolute atomic E-state index is 0.277. The van der Waals surface area contributed by atoms with Crippen molar-refractivity contribution in [3.63, 3.8) is 0 Å². The predicted octanol–water partition coefficient (Wildman–Crippen LogP) is 2.87. The van der Waals surface area contributed by atoms with Crippen molar-refractivity contribution in [2.45, 2.75) is 6.54 Å². The first kappa shape index (κ1) is 12.7.